The zero-order valence-electron chi connectivity index (χ0n) is 13.5. The zero-order valence-corrected chi connectivity index (χ0v) is 13.5. The lowest BCUT2D eigenvalue weighted by Gasteiger charge is -2.26. The number of rotatable bonds is 6. The van der Waals surface area contributed by atoms with Crippen LogP contribution in [0.2, 0.25) is 0 Å². The molecule has 2 rings (SSSR count). The normalized spacial score (nSPS) is 11.5. The first-order valence-electron chi connectivity index (χ1n) is 7.66. The molecule has 0 spiro atoms. The molecular formula is C17H24N4O. The third-order valence-corrected chi connectivity index (χ3v) is 4.11. The van der Waals surface area contributed by atoms with Gasteiger partial charge in [-0.25, -0.2) is 4.68 Å². The summed E-state index contributed by atoms with van der Waals surface area (Å²) in [5.74, 6) is -0.0973. The second-order valence-corrected chi connectivity index (χ2v) is 5.76. The van der Waals surface area contributed by atoms with Crippen molar-refractivity contribution in [3.63, 3.8) is 0 Å². The summed E-state index contributed by atoms with van der Waals surface area (Å²) < 4.78 is 1.79. The lowest BCUT2D eigenvalue weighted by Crippen LogP contribution is -2.49. The number of nitrogens with two attached hydrogens (primary N) is 1. The van der Waals surface area contributed by atoms with Gasteiger partial charge in [-0.1, -0.05) is 13.8 Å². The molecule has 1 aromatic carbocycles. The molecule has 0 unspecified atom stereocenters. The fraction of sp³-hybridized carbons (Fsp3) is 0.412. The lowest BCUT2D eigenvalue weighted by molar-refractivity contribution is 0.0942. The summed E-state index contributed by atoms with van der Waals surface area (Å²) in [6, 6.07) is 7.38. The van der Waals surface area contributed by atoms with E-state index in [-0.39, 0.29) is 11.4 Å². The first-order chi connectivity index (χ1) is 10.5. The largest absolute Gasteiger partial charge is 0.350 e. The van der Waals surface area contributed by atoms with E-state index in [1.54, 1.807) is 23.0 Å². The molecule has 1 heterocycles. The highest BCUT2D eigenvalue weighted by atomic mass is 16.1. The van der Waals surface area contributed by atoms with Crippen molar-refractivity contribution in [2.24, 2.45) is 5.73 Å². The van der Waals surface area contributed by atoms with Crippen LogP contribution in [0.3, 0.4) is 0 Å². The van der Waals surface area contributed by atoms with Gasteiger partial charge in [0.2, 0.25) is 0 Å². The van der Waals surface area contributed by atoms with Gasteiger partial charge in [-0.05, 0) is 49.6 Å². The fourth-order valence-corrected chi connectivity index (χ4v) is 2.18. The third kappa shape index (κ3) is 3.74. The van der Waals surface area contributed by atoms with Gasteiger partial charge < -0.3 is 11.1 Å². The highest BCUT2D eigenvalue weighted by Crippen LogP contribution is 2.12. The minimum absolute atomic E-state index is 0.0973. The van der Waals surface area contributed by atoms with E-state index in [0.29, 0.717) is 12.1 Å². The van der Waals surface area contributed by atoms with E-state index in [1.165, 1.54) is 0 Å². The van der Waals surface area contributed by atoms with Crippen LogP contribution in [0, 0.1) is 6.92 Å². The van der Waals surface area contributed by atoms with Gasteiger partial charge in [0.05, 0.1) is 11.9 Å². The Morgan fingerprint density at radius 3 is 2.41 bits per heavy atom. The maximum Gasteiger partial charge on any atom is 0.251 e. The summed E-state index contributed by atoms with van der Waals surface area (Å²) in [6.45, 7) is 6.55. The second-order valence-electron chi connectivity index (χ2n) is 5.76. The summed E-state index contributed by atoms with van der Waals surface area (Å²) in [5.41, 5.74) is 8.52. The first kappa shape index (κ1) is 16.2. The van der Waals surface area contributed by atoms with E-state index in [2.05, 4.69) is 10.4 Å². The molecule has 5 heteroatoms. The Balaban J connectivity index is 2.02. The monoisotopic (exact) mass is 300 g/mol. The van der Waals surface area contributed by atoms with E-state index in [9.17, 15) is 4.79 Å². The molecule has 22 heavy (non-hydrogen) atoms. The van der Waals surface area contributed by atoms with Crippen molar-refractivity contribution in [2.45, 2.75) is 39.2 Å². The number of aryl methyl sites for hydroxylation is 1. The smallest absolute Gasteiger partial charge is 0.251 e. The van der Waals surface area contributed by atoms with Crippen LogP contribution in [-0.4, -0.2) is 27.8 Å². The summed E-state index contributed by atoms with van der Waals surface area (Å²) in [7, 11) is 0. The van der Waals surface area contributed by atoms with E-state index in [4.69, 9.17) is 5.73 Å². The summed E-state index contributed by atoms with van der Waals surface area (Å²) in [4.78, 5) is 12.2. The molecule has 118 valence electrons. The number of amides is 1. The highest BCUT2D eigenvalue weighted by molar-refractivity contribution is 5.94. The molecule has 0 aliphatic carbocycles. The van der Waals surface area contributed by atoms with Crippen LogP contribution >= 0.6 is 0 Å². The van der Waals surface area contributed by atoms with Crippen molar-refractivity contribution in [2.75, 3.05) is 6.54 Å². The summed E-state index contributed by atoms with van der Waals surface area (Å²) >= 11 is 0. The van der Waals surface area contributed by atoms with Gasteiger partial charge in [0.1, 0.15) is 0 Å². The first-order valence-corrected chi connectivity index (χ1v) is 7.66. The van der Waals surface area contributed by atoms with E-state index in [0.717, 1.165) is 24.1 Å². The number of nitrogens with one attached hydrogen (secondary N) is 1. The van der Waals surface area contributed by atoms with Crippen molar-refractivity contribution in [3.05, 3.63) is 47.8 Å². The molecule has 0 aliphatic heterocycles. The molecule has 0 saturated carbocycles. The topological polar surface area (TPSA) is 72.9 Å². The number of benzene rings is 1. The Hall–Kier alpha value is -2.14. The minimum Gasteiger partial charge on any atom is -0.350 e. The molecule has 0 aliphatic rings. The molecule has 5 nitrogen and oxygen atoms in total. The van der Waals surface area contributed by atoms with Crippen molar-refractivity contribution < 1.29 is 4.79 Å². The van der Waals surface area contributed by atoms with Crippen LogP contribution in [0.5, 0.6) is 0 Å². The standard InChI is InChI=1S/C17H24N4O/c1-4-17(18,5-2)12-19-16(22)14-6-8-15(9-7-14)21-11-13(3)10-20-21/h6-11H,4-5,12,18H2,1-3H3,(H,19,22). The SMILES string of the molecule is CCC(N)(CC)CNC(=O)c1ccc(-n2cc(C)cn2)cc1. The van der Waals surface area contributed by atoms with Gasteiger partial charge >= 0.3 is 0 Å². The lowest BCUT2D eigenvalue weighted by atomic mass is 9.94. The van der Waals surface area contributed by atoms with Crippen LogP contribution < -0.4 is 11.1 Å². The average Bonchev–Trinajstić information content (AvgIpc) is 2.99. The minimum atomic E-state index is -0.331. The van der Waals surface area contributed by atoms with Crippen LogP contribution in [0.15, 0.2) is 36.7 Å². The maximum atomic E-state index is 12.2. The molecule has 0 saturated heterocycles. The maximum absolute atomic E-state index is 12.2. The molecule has 0 radical (unpaired) electrons. The van der Waals surface area contributed by atoms with Crippen LogP contribution in [0.25, 0.3) is 5.69 Å². The van der Waals surface area contributed by atoms with Crippen molar-refractivity contribution >= 4 is 5.91 Å². The van der Waals surface area contributed by atoms with Crippen molar-refractivity contribution in [1.29, 1.82) is 0 Å². The molecule has 0 atom stereocenters. The number of hydrogen-bond donors (Lipinski definition) is 2. The number of hydrogen-bond acceptors (Lipinski definition) is 3. The van der Waals surface area contributed by atoms with E-state index >= 15 is 0 Å². The Labute approximate surface area is 131 Å². The Morgan fingerprint density at radius 2 is 1.91 bits per heavy atom. The predicted octanol–water partition coefficient (Wildman–Crippen LogP) is 2.43. The Bertz CT molecular complexity index is 626. The van der Waals surface area contributed by atoms with Crippen molar-refractivity contribution in [1.82, 2.24) is 15.1 Å². The number of carbonyl (C=O) groups is 1. The number of aromatic nitrogens is 2. The molecule has 0 fully saturated rings. The molecule has 2 aromatic rings. The van der Waals surface area contributed by atoms with Crippen molar-refractivity contribution in [3.8, 4) is 5.69 Å². The number of nitrogens with zero attached hydrogens (tertiary/aromatic N) is 2. The van der Waals surface area contributed by atoms with Crippen LogP contribution in [0.1, 0.15) is 42.6 Å². The van der Waals surface area contributed by atoms with Gasteiger partial charge in [-0.2, -0.15) is 5.10 Å². The van der Waals surface area contributed by atoms with Gasteiger partial charge in [-0.3, -0.25) is 4.79 Å². The van der Waals surface area contributed by atoms with E-state index in [1.807, 2.05) is 39.1 Å². The molecule has 1 amide bonds. The van der Waals surface area contributed by atoms with E-state index < -0.39 is 0 Å². The fourth-order valence-electron chi connectivity index (χ4n) is 2.18. The molecule has 1 aromatic heterocycles. The predicted molar refractivity (Wildman–Crippen MR) is 88.1 cm³/mol. The zero-order chi connectivity index (χ0) is 16.2. The second kappa shape index (κ2) is 6.75. The van der Waals surface area contributed by atoms with Crippen LogP contribution in [0.4, 0.5) is 0 Å². The van der Waals surface area contributed by atoms with Gasteiger partial charge in [0, 0.05) is 23.8 Å². The van der Waals surface area contributed by atoms with Crippen LogP contribution in [-0.2, 0) is 0 Å². The van der Waals surface area contributed by atoms with Gasteiger partial charge in [0.25, 0.3) is 5.91 Å². The number of carbonyl (C=O) groups excluding carboxylic acids is 1. The Kier molecular flexibility index (Phi) is 4.98. The quantitative estimate of drug-likeness (QED) is 0.860. The third-order valence-electron chi connectivity index (χ3n) is 4.11. The molecular weight excluding hydrogens is 276 g/mol. The summed E-state index contributed by atoms with van der Waals surface area (Å²) in [5, 5.41) is 7.17. The molecule has 3 N–H and O–H groups in total. The molecule has 0 bridgehead atoms. The van der Waals surface area contributed by atoms with Gasteiger partial charge in [-0.15, -0.1) is 0 Å². The Morgan fingerprint density at radius 1 is 1.27 bits per heavy atom. The highest BCUT2D eigenvalue weighted by Gasteiger charge is 2.21. The van der Waals surface area contributed by atoms with Gasteiger partial charge in [0.15, 0.2) is 0 Å². The average molecular weight is 300 g/mol. The summed E-state index contributed by atoms with van der Waals surface area (Å²) in [6.07, 6.45) is 5.42.